The van der Waals surface area contributed by atoms with Gasteiger partial charge in [-0.1, -0.05) is 40.2 Å². The lowest BCUT2D eigenvalue weighted by molar-refractivity contribution is -0.131. The second kappa shape index (κ2) is 11.6. The Morgan fingerprint density at radius 2 is 1.84 bits per heavy atom. The summed E-state index contributed by atoms with van der Waals surface area (Å²) < 4.78 is 11.3. The smallest absolute Gasteiger partial charge is 0.342 e. The first-order chi connectivity index (χ1) is 14.8. The maximum atomic E-state index is 12.6. The number of phenolic OH excluding ortho intramolecular Hbond substituents is 1. The standard InChI is InChI=1S/C22H20BrNO7/c1-30-17-11-15(3-2-10-24-19(26)8-9-20(27)28)21(18(25)12-17)22(29)31-13-14-4-6-16(23)7-5-14/h2-9,11-12,25H,10,13H2,1H3,(H,24,26)(H,27,28)/b3-2+,9-8-. The normalized spacial score (nSPS) is 10.9. The van der Waals surface area contributed by atoms with Gasteiger partial charge < -0.3 is 25.0 Å². The van der Waals surface area contributed by atoms with Gasteiger partial charge in [-0.3, -0.25) is 4.79 Å². The van der Waals surface area contributed by atoms with E-state index in [1.807, 2.05) is 12.1 Å². The molecule has 1 amide bonds. The summed E-state index contributed by atoms with van der Waals surface area (Å²) in [5.41, 5.74) is 1.05. The zero-order chi connectivity index (χ0) is 22.8. The molecule has 2 aromatic carbocycles. The van der Waals surface area contributed by atoms with Gasteiger partial charge in [0.15, 0.2) is 0 Å². The van der Waals surface area contributed by atoms with Gasteiger partial charge in [-0.25, -0.2) is 9.59 Å². The van der Waals surface area contributed by atoms with Crippen molar-refractivity contribution in [2.45, 2.75) is 6.61 Å². The lowest BCUT2D eigenvalue weighted by Crippen LogP contribution is -2.21. The molecular weight excluding hydrogens is 470 g/mol. The molecule has 0 spiro atoms. The van der Waals surface area contributed by atoms with Crippen LogP contribution < -0.4 is 10.1 Å². The highest BCUT2D eigenvalue weighted by Gasteiger charge is 2.18. The lowest BCUT2D eigenvalue weighted by atomic mass is 10.0. The predicted molar refractivity (Wildman–Crippen MR) is 117 cm³/mol. The van der Waals surface area contributed by atoms with Crippen molar-refractivity contribution in [3.05, 3.63) is 75.8 Å². The zero-order valence-corrected chi connectivity index (χ0v) is 18.1. The van der Waals surface area contributed by atoms with Crippen LogP contribution >= 0.6 is 15.9 Å². The van der Waals surface area contributed by atoms with Gasteiger partial charge >= 0.3 is 11.9 Å². The van der Waals surface area contributed by atoms with Crippen molar-refractivity contribution in [3.8, 4) is 11.5 Å². The summed E-state index contributed by atoms with van der Waals surface area (Å²) in [5, 5.41) is 21.3. The first kappa shape index (κ1) is 23.7. The molecule has 0 aliphatic heterocycles. The quantitative estimate of drug-likeness (QED) is 0.364. The fourth-order valence-electron chi connectivity index (χ4n) is 2.45. The number of benzene rings is 2. The fraction of sp³-hybridized carbons (Fsp3) is 0.136. The summed E-state index contributed by atoms with van der Waals surface area (Å²) in [6.07, 6.45) is 4.66. The Morgan fingerprint density at radius 1 is 1.13 bits per heavy atom. The Kier molecular flexibility index (Phi) is 8.83. The molecule has 31 heavy (non-hydrogen) atoms. The third kappa shape index (κ3) is 7.63. The van der Waals surface area contributed by atoms with Crippen molar-refractivity contribution in [2.24, 2.45) is 0 Å². The van der Waals surface area contributed by atoms with E-state index in [4.69, 9.17) is 14.6 Å². The molecule has 0 atom stereocenters. The molecule has 0 unspecified atom stereocenters. The number of carboxylic acid groups (broad SMARTS) is 1. The van der Waals surface area contributed by atoms with Gasteiger partial charge in [0.05, 0.1) is 7.11 Å². The average Bonchev–Trinajstić information content (AvgIpc) is 2.74. The zero-order valence-electron chi connectivity index (χ0n) is 16.5. The number of esters is 1. The molecule has 2 aromatic rings. The van der Waals surface area contributed by atoms with Crippen LogP contribution in [0.5, 0.6) is 11.5 Å². The molecule has 0 bridgehead atoms. The van der Waals surface area contributed by atoms with Gasteiger partial charge in [-0.05, 0) is 29.3 Å². The molecule has 162 valence electrons. The summed E-state index contributed by atoms with van der Waals surface area (Å²) in [7, 11) is 1.42. The van der Waals surface area contributed by atoms with Crippen LogP contribution in [0.15, 0.2) is 59.1 Å². The van der Waals surface area contributed by atoms with Crippen LogP contribution in [0.2, 0.25) is 0 Å². The van der Waals surface area contributed by atoms with Crippen molar-refractivity contribution in [1.29, 1.82) is 0 Å². The van der Waals surface area contributed by atoms with Crippen LogP contribution in [0.1, 0.15) is 21.5 Å². The molecule has 0 aromatic heterocycles. The van der Waals surface area contributed by atoms with E-state index >= 15 is 0 Å². The average molecular weight is 490 g/mol. The minimum absolute atomic E-state index is 0.0205. The summed E-state index contributed by atoms with van der Waals surface area (Å²) in [6.45, 7) is 0.0842. The third-order valence-electron chi connectivity index (χ3n) is 3.91. The molecule has 2 rings (SSSR count). The Morgan fingerprint density at radius 3 is 2.48 bits per heavy atom. The molecule has 0 aliphatic rings. The molecule has 0 aliphatic carbocycles. The van der Waals surface area contributed by atoms with E-state index < -0.39 is 17.8 Å². The highest BCUT2D eigenvalue weighted by Crippen LogP contribution is 2.30. The van der Waals surface area contributed by atoms with Gasteiger partial charge in [0, 0.05) is 29.2 Å². The van der Waals surface area contributed by atoms with Crippen LogP contribution in [-0.4, -0.2) is 41.7 Å². The molecule has 8 nitrogen and oxygen atoms in total. The van der Waals surface area contributed by atoms with E-state index in [0.717, 1.165) is 22.2 Å². The van der Waals surface area contributed by atoms with E-state index in [1.165, 1.54) is 25.3 Å². The molecule has 3 N–H and O–H groups in total. The summed E-state index contributed by atoms with van der Waals surface area (Å²) in [6, 6.07) is 10.1. The fourth-order valence-corrected chi connectivity index (χ4v) is 2.71. The number of carboxylic acids is 1. The molecule has 0 saturated carbocycles. The van der Waals surface area contributed by atoms with Gasteiger partial charge in [0.1, 0.15) is 23.7 Å². The summed E-state index contributed by atoms with van der Waals surface area (Å²) in [4.78, 5) is 34.5. The van der Waals surface area contributed by atoms with Crippen molar-refractivity contribution >= 4 is 39.9 Å². The van der Waals surface area contributed by atoms with Gasteiger partial charge in [-0.2, -0.15) is 0 Å². The van der Waals surface area contributed by atoms with E-state index in [1.54, 1.807) is 18.2 Å². The molecule has 0 fully saturated rings. The van der Waals surface area contributed by atoms with Gasteiger partial charge in [0.25, 0.3) is 0 Å². The number of aliphatic carboxylic acids is 1. The first-order valence-corrected chi connectivity index (χ1v) is 9.77. The minimum Gasteiger partial charge on any atom is -0.507 e. The van der Waals surface area contributed by atoms with Gasteiger partial charge in [0.2, 0.25) is 5.91 Å². The maximum absolute atomic E-state index is 12.6. The Hall–Kier alpha value is -3.59. The number of phenols is 1. The number of hydrogen-bond donors (Lipinski definition) is 3. The van der Waals surface area contributed by atoms with E-state index in [9.17, 15) is 19.5 Å². The number of carbonyl (C=O) groups is 3. The van der Waals surface area contributed by atoms with Crippen LogP contribution in [-0.2, 0) is 20.9 Å². The molecule has 0 saturated heterocycles. The van der Waals surface area contributed by atoms with Crippen LogP contribution in [0.4, 0.5) is 0 Å². The number of ether oxygens (including phenoxy) is 2. The Labute approximate surface area is 186 Å². The Bertz CT molecular complexity index is 1010. The third-order valence-corrected chi connectivity index (χ3v) is 4.44. The van der Waals surface area contributed by atoms with Crippen molar-refractivity contribution in [3.63, 3.8) is 0 Å². The summed E-state index contributed by atoms with van der Waals surface area (Å²) in [5.74, 6) is -2.53. The van der Waals surface area contributed by atoms with Crippen molar-refractivity contribution in [1.82, 2.24) is 5.32 Å². The minimum atomic E-state index is -1.23. The SMILES string of the molecule is COc1cc(O)c(C(=O)OCc2ccc(Br)cc2)c(/C=C/CNC(=O)/C=C\C(=O)O)c1. The number of nitrogens with one attached hydrogen (secondary N) is 1. The van der Waals surface area contributed by atoms with E-state index in [-0.39, 0.29) is 24.5 Å². The second-order valence-electron chi connectivity index (χ2n) is 6.13. The van der Waals surface area contributed by atoms with Crippen LogP contribution in [0.25, 0.3) is 6.08 Å². The van der Waals surface area contributed by atoms with Crippen LogP contribution in [0, 0.1) is 0 Å². The first-order valence-electron chi connectivity index (χ1n) is 8.98. The second-order valence-corrected chi connectivity index (χ2v) is 7.05. The van der Waals surface area contributed by atoms with E-state index in [0.29, 0.717) is 11.3 Å². The van der Waals surface area contributed by atoms with Crippen molar-refractivity contribution < 1.29 is 34.1 Å². The van der Waals surface area contributed by atoms with Gasteiger partial charge in [-0.15, -0.1) is 0 Å². The number of rotatable bonds is 9. The van der Waals surface area contributed by atoms with E-state index in [2.05, 4.69) is 21.2 Å². The molecule has 0 radical (unpaired) electrons. The number of amides is 1. The predicted octanol–water partition coefficient (Wildman–Crippen LogP) is 3.29. The number of carbonyl (C=O) groups excluding carboxylic acids is 2. The monoisotopic (exact) mass is 489 g/mol. The van der Waals surface area contributed by atoms with Crippen molar-refractivity contribution in [2.75, 3.05) is 13.7 Å². The molecule has 9 heteroatoms. The van der Waals surface area contributed by atoms with Crippen LogP contribution in [0.3, 0.4) is 0 Å². The number of methoxy groups -OCH3 is 1. The number of halogens is 1. The highest BCUT2D eigenvalue weighted by molar-refractivity contribution is 9.10. The number of aromatic hydroxyl groups is 1. The lowest BCUT2D eigenvalue weighted by Gasteiger charge is -2.11. The molecular formula is C22H20BrNO7. The molecule has 0 heterocycles. The Balaban J connectivity index is 2.13. The maximum Gasteiger partial charge on any atom is 0.342 e. The summed E-state index contributed by atoms with van der Waals surface area (Å²) >= 11 is 3.33. The number of hydrogen-bond acceptors (Lipinski definition) is 6. The highest BCUT2D eigenvalue weighted by atomic mass is 79.9. The largest absolute Gasteiger partial charge is 0.507 e. The topological polar surface area (TPSA) is 122 Å².